The van der Waals surface area contributed by atoms with Gasteiger partial charge in [-0.2, -0.15) is 0 Å². The van der Waals surface area contributed by atoms with Gasteiger partial charge in [-0.25, -0.2) is 14.8 Å². The number of fused-ring (bicyclic) bond motifs is 5. The summed E-state index contributed by atoms with van der Waals surface area (Å²) in [6, 6.07) is 7.58. The molecule has 0 spiro atoms. The van der Waals surface area contributed by atoms with Crippen molar-refractivity contribution in [2.45, 2.75) is 45.4 Å². The number of aliphatic hydroxyl groups is 1. The number of halogens is 1. The monoisotopic (exact) mass is 482 g/mol. The molecule has 4 heterocycles. The number of aryl methyl sites for hydroxylation is 1. The molecule has 0 radical (unpaired) electrons. The summed E-state index contributed by atoms with van der Waals surface area (Å²) < 4.78 is 6.83. The molecule has 0 aliphatic carbocycles. The van der Waals surface area contributed by atoms with E-state index in [1.54, 1.807) is 23.9 Å². The molecule has 0 fully saturated rings. The number of pyridine rings is 2. The maximum Gasteiger partial charge on any atom is 0.343 e. The number of aliphatic imine (C=N–C) groups is 1. The SMILES string of the molecule is CCc1c2c(nc3cccc(N=CN(C)C)c13)-c1cc3c(c(=O)n1C2)COC(=O)[C@]3(O)CC.Cl. The van der Waals surface area contributed by atoms with Crippen LogP contribution in [0.15, 0.2) is 34.1 Å². The van der Waals surface area contributed by atoms with Crippen molar-refractivity contribution in [3.05, 3.63) is 56.9 Å². The lowest BCUT2D eigenvalue weighted by molar-refractivity contribution is -0.172. The summed E-state index contributed by atoms with van der Waals surface area (Å²) in [5.74, 6) is -0.718. The van der Waals surface area contributed by atoms with Crippen LogP contribution in [-0.4, -0.2) is 46.0 Å². The smallest absolute Gasteiger partial charge is 0.343 e. The van der Waals surface area contributed by atoms with Gasteiger partial charge < -0.3 is 19.3 Å². The van der Waals surface area contributed by atoms with Crippen molar-refractivity contribution in [3.8, 4) is 11.4 Å². The van der Waals surface area contributed by atoms with E-state index < -0.39 is 11.6 Å². The van der Waals surface area contributed by atoms with Crippen LogP contribution in [0.5, 0.6) is 0 Å². The van der Waals surface area contributed by atoms with E-state index in [2.05, 4.69) is 11.9 Å². The maximum absolute atomic E-state index is 13.4. The number of nitrogens with zero attached hydrogens (tertiary/aromatic N) is 4. The highest BCUT2D eigenvalue weighted by Crippen LogP contribution is 2.41. The predicted molar refractivity (Wildman–Crippen MR) is 133 cm³/mol. The molecule has 0 amide bonds. The van der Waals surface area contributed by atoms with Gasteiger partial charge in [0.15, 0.2) is 5.60 Å². The first kappa shape index (κ1) is 23.9. The third-order valence-electron chi connectivity index (χ3n) is 6.59. The fraction of sp³-hybridized carbons (Fsp3) is 0.360. The molecule has 2 aliphatic heterocycles. The average molecular weight is 483 g/mol. The van der Waals surface area contributed by atoms with Crippen molar-refractivity contribution in [2.75, 3.05) is 14.1 Å². The van der Waals surface area contributed by atoms with Gasteiger partial charge >= 0.3 is 5.97 Å². The van der Waals surface area contributed by atoms with Crippen LogP contribution in [0.1, 0.15) is 42.5 Å². The van der Waals surface area contributed by atoms with Crippen molar-refractivity contribution in [1.29, 1.82) is 0 Å². The van der Waals surface area contributed by atoms with Gasteiger partial charge in [0.05, 0.1) is 41.0 Å². The third kappa shape index (κ3) is 3.32. The van der Waals surface area contributed by atoms with Gasteiger partial charge in [0.2, 0.25) is 0 Å². The van der Waals surface area contributed by atoms with E-state index in [0.717, 1.165) is 34.1 Å². The number of rotatable bonds is 4. The Kier molecular flexibility index (Phi) is 5.99. The minimum atomic E-state index is -1.83. The second kappa shape index (κ2) is 8.52. The number of hydrogen-bond acceptors (Lipinski definition) is 6. The highest BCUT2D eigenvalue weighted by Gasteiger charge is 2.45. The molecular formula is C25H27ClN4O4. The van der Waals surface area contributed by atoms with E-state index in [1.807, 2.05) is 37.2 Å². The summed E-state index contributed by atoms with van der Waals surface area (Å²) in [5.41, 5.74) is 3.60. The number of carbonyl (C=O) groups excluding carboxylic acids is 1. The van der Waals surface area contributed by atoms with Crippen LogP contribution in [0.25, 0.3) is 22.3 Å². The van der Waals surface area contributed by atoms with Gasteiger partial charge in [-0.1, -0.05) is 19.9 Å². The molecule has 1 aromatic carbocycles. The Bertz CT molecular complexity index is 1410. The second-order valence-corrected chi connectivity index (χ2v) is 8.75. The lowest BCUT2D eigenvalue weighted by Gasteiger charge is -2.31. The van der Waals surface area contributed by atoms with Crippen molar-refractivity contribution < 1.29 is 14.6 Å². The Morgan fingerprint density at radius 2 is 2.03 bits per heavy atom. The average Bonchev–Trinajstić information content (AvgIpc) is 3.17. The molecule has 178 valence electrons. The van der Waals surface area contributed by atoms with E-state index in [-0.39, 0.29) is 31.0 Å². The number of esters is 1. The number of aromatic nitrogens is 2. The van der Waals surface area contributed by atoms with Crippen molar-refractivity contribution in [2.24, 2.45) is 4.99 Å². The number of carbonyl (C=O) groups is 1. The van der Waals surface area contributed by atoms with Gasteiger partial charge in [0.25, 0.3) is 5.56 Å². The van der Waals surface area contributed by atoms with E-state index >= 15 is 0 Å². The molecule has 9 heteroatoms. The predicted octanol–water partition coefficient (Wildman–Crippen LogP) is 3.29. The quantitative estimate of drug-likeness (QED) is 0.272. The third-order valence-corrected chi connectivity index (χ3v) is 6.59. The molecular weight excluding hydrogens is 456 g/mol. The van der Waals surface area contributed by atoms with Crippen LogP contribution in [-0.2, 0) is 34.7 Å². The van der Waals surface area contributed by atoms with Crippen molar-refractivity contribution in [1.82, 2.24) is 14.5 Å². The summed E-state index contributed by atoms with van der Waals surface area (Å²) in [5, 5.41) is 12.0. The maximum atomic E-state index is 13.4. The molecule has 34 heavy (non-hydrogen) atoms. The summed E-state index contributed by atoms with van der Waals surface area (Å²) in [4.78, 5) is 37.3. The first-order valence-electron chi connectivity index (χ1n) is 11.1. The van der Waals surface area contributed by atoms with Crippen molar-refractivity contribution in [3.63, 3.8) is 0 Å². The highest BCUT2D eigenvalue weighted by molar-refractivity contribution is 5.97. The highest BCUT2D eigenvalue weighted by atomic mass is 35.5. The summed E-state index contributed by atoms with van der Waals surface area (Å²) in [6.07, 6.45) is 2.63. The molecule has 0 unspecified atom stereocenters. The zero-order chi connectivity index (χ0) is 23.5. The second-order valence-electron chi connectivity index (χ2n) is 8.75. The number of ether oxygens (including phenoxy) is 1. The Labute approximate surface area is 203 Å². The standard InChI is InChI=1S/C25H26N4O4.ClH/c1-5-14-15-11-29-20(10-17-16(23(29)30)12-33-24(31)25(17,32)6-2)22(15)27-19-9-7-8-18(21(14)19)26-13-28(3)4;/h7-10,13,32H,5-6,11-12H2,1-4H3;1H/t25-;/m0./s1. The van der Waals surface area contributed by atoms with Gasteiger partial charge in [-0.3, -0.25) is 4.79 Å². The number of benzene rings is 1. The fourth-order valence-corrected chi connectivity index (χ4v) is 4.88. The summed E-state index contributed by atoms with van der Waals surface area (Å²) in [7, 11) is 3.84. The molecule has 5 rings (SSSR count). The van der Waals surface area contributed by atoms with Crippen LogP contribution in [0.3, 0.4) is 0 Å². The molecule has 8 nitrogen and oxygen atoms in total. The van der Waals surface area contributed by atoms with Crippen LogP contribution < -0.4 is 5.56 Å². The fourth-order valence-electron chi connectivity index (χ4n) is 4.88. The Morgan fingerprint density at radius 1 is 1.26 bits per heavy atom. The number of cyclic esters (lactones) is 1. The van der Waals surface area contributed by atoms with E-state index in [9.17, 15) is 14.7 Å². The van der Waals surface area contributed by atoms with Crippen molar-refractivity contribution >= 4 is 41.3 Å². The van der Waals surface area contributed by atoms with Gasteiger partial charge in [0.1, 0.15) is 6.61 Å². The molecule has 1 atom stereocenters. The zero-order valence-electron chi connectivity index (χ0n) is 19.6. The molecule has 1 N–H and O–H groups in total. The Morgan fingerprint density at radius 3 is 2.71 bits per heavy atom. The normalized spacial score (nSPS) is 18.3. The first-order valence-corrected chi connectivity index (χ1v) is 11.1. The van der Waals surface area contributed by atoms with Crippen LogP contribution >= 0.6 is 12.4 Å². The summed E-state index contributed by atoms with van der Waals surface area (Å²) in [6.45, 7) is 4.03. The topological polar surface area (TPSA) is 97.0 Å². The minimum Gasteiger partial charge on any atom is -0.458 e. The summed E-state index contributed by atoms with van der Waals surface area (Å²) >= 11 is 0. The molecule has 0 bridgehead atoms. The Balaban J connectivity index is 0.00000274. The van der Waals surface area contributed by atoms with E-state index in [1.165, 1.54) is 0 Å². The van der Waals surface area contributed by atoms with E-state index in [0.29, 0.717) is 29.1 Å². The first-order chi connectivity index (χ1) is 15.8. The van der Waals surface area contributed by atoms with Crippen LogP contribution in [0.4, 0.5) is 5.69 Å². The molecule has 0 saturated heterocycles. The lowest BCUT2D eigenvalue weighted by atomic mass is 9.86. The van der Waals surface area contributed by atoms with E-state index in [4.69, 9.17) is 9.72 Å². The molecule has 2 aromatic heterocycles. The molecule has 3 aromatic rings. The van der Waals surface area contributed by atoms with Gasteiger partial charge in [0, 0.05) is 30.6 Å². The largest absolute Gasteiger partial charge is 0.458 e. The zero-order valence-corrected chi connectivity index (χ0v) is 20.4. The molecule has 2 aliphatic rings. The lowest BCUT2D eigenvalue weighted by Crippen LogP contribution is -2.44. The minimum absolute atomic E-state index is 0. The van der Waals surface area contributed by atoms with Crippen LogP contribution in [0.2, 0.25) is 0 Å². The number of hydrogen-bond donors (Lipinski definition) is 1. The van der Waals surface area contributed by atoms with Gasteiger partial charge in [-0.15, -0.1) is 12.4 Å². The Hall–Kier alpha value is -3.23. The van der Waals surface area contributed by atoms with Crippen LogP contribution in [0, 0.1) is 0 Å². The van der Waals surface area contributed by atoms with Gasteiger partial charge in [-0.05, 0) is 36.6 Å². The molecule has 0 saturated carbocycles.